The summed E-state index contributed by atoms with van der Waals surface area (Å²) in [5.74, 6) is -0.338. The van der Waals surface area contributed by atoms with E-state index < -0.39 is 5.60 Å². The van der Waals surface area contributed by atoms with Gasteiger partial charge in [0.25, 0.3) is 0 Å². The molecule has 0 atom stereocenters. The Balaban J connectivity index is 1.81. The van der Waals surface area contributed by atoms with Gasteiger partial charge in [0, 0.05) is 25.2 Å². The zero-order valence-corrected chi connectivity index (χ0v) is 12.4. The summed E-state index contributed by atoms with van der Waals surface area (Å²) in [5, 5.41) is 0. The van der Waals surface area contributed by atoms with Gasteiger partial charge in [-0.3, -0.25) is 4.79 Å². The third-order valence-corrected chi connectivity index (χ3v) is 3.26. The molecular formula is C16H22FNO2. The van der Waals surface area contributed by atoms with Crippen LogP contribution in [0.25, 0.3) is 0 Å². The highest BCUT2D eigenvalue weighted by Gasteiger charge is 2.20. The minimum absolute atomic E-state index is 0.156. The first-order chi connectivity index (χ1) is 9.35. The van der Waals surface area contributed by atoms with Crippen molar-refractivity contribution in [1.29, 1.82) is 0 Å². The zero-order chi connectivity index (χ0) is 14.8. The summed E-state index contributed by atoms with van der Waals surface area (Å²) in [6.07, 6.45) is 2.05. The number of hydrogen-bond donors (Lipinski definition) is 0. The number of carbonyl (C=O) groups is 1. The fourth-order valence-electron chi connectivity index (χ4n) is 2.48. The lowest BCUT2D eigenvalue weighted by Crippen LogP contribution is -2.26. The molecule has 0 bridgehead atoms. The number of ether oxygens (including phenoxy) is 1. The molecule has 1 aliphatic rings. The Labute approximate surface area is 119 Å². The highest BCUT2D eigenvalue weighted by Crippen LogP contribution is 2.28. The number of benzene rings is 1. The van der Waals surface area contributed by atoms with Gasteiger partial charge in [0.05, 0.1) is 0 Å². The minimum atomic E-state index is -0.422. The van der Waals surface area contributed by atoms with Gasteiger partial charge in [-0.1, -0.05) is 0 Å². The predicted molar refractivity (Wildman–Crippen MR) is 77.4 cm³/mol. The topological polar surface area (TPSA) is 29.5 Å². The summed E-state index contributed by atoms with van der Waals surface area (Å²) in [4.78, 5) is 13.8. The molecule has 0 unspecified atom stereocenters. The van der Waals surface area contributed by atoms with Crippen molar-refractivity contribution in [2.24, 2.45) is 0 Å². The van der Waals surface area contributed by atoms with Crippen LogP contribution in [0, 0.1) is 5.82 Å². The van der Waals surface area contributed by atoms with Gasteiger partial charge < -0.3 is 9.64 Å². The molecule has 0 saturated carbocycles. The summed E-state index contributed by atoms with van der Waals surface area (Å²) in [6.45, 7) is 7.31. The van der Waals surface area contributed by atoms with Crippen LogP contribution in [0.5, 0.6) is 0 Å². The fraction of sp³-hybridized carbons (Fsp3) is 0.562. The van der Waals surface area contributed by atoms with Gasteiger partial charge in [0.2, 0.25) is 0 Å². The second-order valence-corrected chi connectivity index (χ2v) is 6.20. The van der Waals surface area contributed by atoms with Crippen molar-refractivity contribution in [1.82, 2.24) is 0 Å². The molecule has 0 aromatic heterocycles. The molecule has 0 amide bonds. The van der Waals surface area contributed by atoms with E-state index in [1.54, 1.807) is 6.07 Å². The maximum atomic E-state index is 13.1. The summed E-state index contributed by atoms with van der Waals surface area (Å²) >= 11 is 0. The average Bonchev–Trinajstić information content (AvgIpc) is 2.69. The third-order valence-electron chi connectivity index (χ3n) is 3.26. The van der Waals surface area contributed by atoms with Crippen LogP contribution in [0.2, 0.25) is 0 Å². The Kier molecular flexibility index (Phi) is 4.31. The van der Waals surface area contributed by atoms with Crippen molar-refractivity contribution in [2.45, 2.75) is 45.6 Å². The maximum absolute atomic E-state index is 13.1. The largest absolute Gasteiger partial charge is 0.460 e. The van der Waals surface area contributed by atoms with E-state index in [9.17, 15) is 9.18 Å². The molecule has 0 aliphatic carbocycles. The summed E-state index contributed by atoms with van der Waals surface area (Å²) < 4.78 is 18.4. The lowest BCUT2D eigenvalue weighted by Gasteiger charge is -2.21. The molecule has 2 rings (SSSR count). The van der Waals surface area contributed by atoms with Crippen LogP contribution in [0.1, 0.15) is 39.2 Å². The number of nitrogens with zero attached hydrogens (tertiary/aromatic N) is 1. The highest BCUT2D eigenvalue weighted by atomic mass is 19.1. The van der Waals surface area contributed by atoms with Crippen molar-refractivity contribution in [3.63, 3.8) is 0 Å². The van der Waals surface area contributed by atoms with Gasteiger partial charge in [0.15, 0.2) is 0 Å². The summed E-state index contributed by atoms with van der Waals surface area (Å²) in [7, 11) is 0. The van der Waals surface area contributed by atoms with E-state index in [0.717, 1.165) is 37.2 Å². The van der Waals surface area contributed by atoms with E-state index in [1.165, 1.54) is 6.07 Å². The van der Waals surface area contributed by atoms with Gasteiger partial charge >= 0.3 is 5.97 Å². The third kappa shape index (κ3) is 3.95. The lowest BCUT2D eigenvalue weighted by atomic mass is 10.1. The summed E-state index contributed by atoms with van der Waals surface area (Å²) in [5.41, 5.74) is 1.73. The molecule has 0 radical (unpaired) electrons. The predicted octanol–water partition coefficient (Wildman–Crippen LogP) is 3.31. The number of carbonyl (C=O) groups excluding carboxylic acids is 1. The van der Waals surface area contributed by atoms with Crippen molar-refractivity contribution in [3.05, 3.63) is 29.6 Å². The van der Waals surface area contributed by atoms with Crippen LogP contribution < -0.4 is 4.90 Å². The van der Waals surface area contributed by atoms with Crippen molar-refractivity contribution in [2.75, 3.05) is 18.0 Å². The second kappa shape index (κ2) is 5.81. The molecule has 0 fully saturated rings. The van der Waals surface area contributed by atoms with Gasteiger partial charge in [-0.15, -0.1) is 0 Å². The zero-order valence-electron chi connectivity index (χ0n) is 12.4. The molecule has 1 aromatic rings. The average molecular weight is 279 g/mol. The van der Waals surface area contributed by atoms with Crippen LogP contribution in [-0.4, -0.2) is 24.7 Å². The van der Waals surface area contributed by atoms with Gasteiger partial charge in [-0.25, -0.2) is 4.39 Å². The Morgan fingerprint density at radius 3 is 2.85 bits per heavy atom. The van der Waals surface area contributed by atoms with Crippen molar-refractivity contribution in [3.8, 4) is 0 Å². The van der Waals surface area contributed by atoms with E-state index in [-0.39, 0.29) is 11.8 Å². The molecule has 110 valence electrons. The molecule has 0 spiro atoms. The second-order valence-electron chi connectivity index (χ2n) is 6.20. The Hall–Kier alpha value is -1.58. The number of rotatable bonds is 4. The normalized spacial score (nSPS) is 14.3. The van der Waals surface area contributed by atoms with Crippen LogP contribution in [0.15, 0.2) is 18.2 Å². The van der Waals surface area contributed by atoms with Gasteiger partial charge in [-0.2, -0.15) is 0 Å². The monoisotopic (exact) mass is 279 g/mol. The first kappa shape index (κ1) is 14.8. The standard InChI is InChI=1S/C16H22FNO2/c1-16(2,3)20-15(19)5-4-9-18-10-8-12-11-13(17)6-7-14(12)18/h6-7,11H,4-5,8-10H2,1-3H3. The number of esters is 1. The summed E-state index contributed by atoms with van der Waals surface area (Å²) in [6, 6.07) is 4.92. The number of fused-ring (bicyclic) bond motifs is 1. The van der Waals surface area contributed by atoms with Crippen LogP contribution in [-0.2, 0) is 16.0 Å². The Bertz CT molecular complexity index is 494. The molecule has 4 heteroatoms. The Morgan fingerprint density at radius 1 is 1.40 bits per heavy atom. The number of hydrogen-bond acceptors (Lipinski definition) is 3. The minimum Gasteiger partial charge on any atom is -0.460 e. The SMILES string of the molecule is CC(C)(C)OC(=O)CCCN1CCc2cc(F)ccc21. The van der Waals surface area contributed by atoms with Crippen molar-refractivity contribution >= 4 is 11.7 Å². The molecule has 0 saturated heterocycles. The smallest absolute Gasteiger partial charge is 0.306 e. The van der Waals surface area contributed by atoms with Gasteiger partial charge in [-0.05, 0) is 57.4 Å². The highest BCUT2D eigenvalue weighted by molar-refractivity contribution is 5.70. The van der Waals surface area contributed by atoms with Crippen LogP contribution in [0.4, 0.5) is 10.1 Å². The van der Waals surface area contributed by atoms with E-state index in [2.05, 4.69) is 4.90 Å². The maximum Gasteiger partial charge on any atom is 0.306 e. The van der Waals surface area contributed by atoms with Crippen molar-refractivity contribution < 1.29 is 13.9 Å². The van der Waals surface area contributed by atoms with E-state index in [0.29, 0.717) is 6.42 Å². The quantitative estimate of drug-likeness (QED) is 0.792. The number of halogens is 1. The molecule has 20 heavy (non-hydrogen) atoms. The molecule has 1 heterocycles. The number of anilines is 1. The van der Waals surface area contributed by atoms with Crippen LogP contribution >= 0.6 is 0 Å². The Morgan fingerprint density at radius 2 is 2.15 bits per heavy atom. The van der Waals surface area contributed by atoms with E-state index in [1.807, 2.05) is 26.8 Å². The fourth-order valence-corrected chi connectivity index (χ4v) is 2.48. The molecule has 1 aromatic carbocycles. The molecule has 1 aliphatic heterocycles. The van der Waals surface area contributed by atoms with E-state index >= 15 is 0 Å². The van der Waals surface area contributed by atoms with Crippen LogP contribution in [0.3, 0.4) is 0 Å². The molecular weight excluding hydrogens is 257 g/mol. The first-order valence-corrected chi connectivity index (χ1v) is 7.10. The molecule has 3 nitrogen and oxygen atoms in total. The van der Waals surface area contributed by atoms with E-state index in [4.69, 9.17) is 4.74 Å². The molecule has 0 N–H and O–H groups in total. The lowest BCUT2D eigenvalue weighted by molar-refractivity contribution is -0.154. The first-order valence-electron chi connectivity index (χ1n) is 7.10. The van der Waals surface area contributed by atoms with Gasteiger partial charge in [0.1, 0.15) is 11.4 Å².